The number of rotatable bonds is 4. The zero-order valence-corrected chi connectivity index (χ0v) is 11.7. The van der Waals surface area contributed by atoms with Gasteiger partial charge in [-0.25, -0.2) is 0 Å². The van der Waals surface area contributed by atoms with Gasteiger partial charge in [-0.3, -0.25) is 4.90 Å². The lowest BCUT2D eigenvalue weighted by Crippen LogP contribution is -2.59. The molecule has 2 atom stereocenters. The van der Waals surface area contributed by atoms with Crippen molar-refractivity contribution in [2.24, 2.45) is 5.92 Å². The van der Waals surface area contributed by atoms with Crippen molar-refractivity contribution in [1.29, 1.82) is 0 Å². The number of hydrogen-bond acceptors (Lipinski definition) is 2. The Morgan fingerprint density at radius 3 is 2.47 bits per heavy atom. The van der Waals surface area contributed by atoms with Crippen LogP contribution in [0.4, 0.5) is 0 Å². The van der Waals surface area contributed by atoms with E-state index in [9.17, 15) is 5.11 Å². The summed E-state index contributed by atoms with van der Waals surface area (Å²) in [7, 11) is 0. The molecule has 2 heteroatoms. The highest BCUT2D eigenvalue weighted by Gasteiger charge is 2.38. The second kappa shape index (κ2) is 6.06. The molecule has 0 spiro atoms. The van der Waals surface area contributed by atoms with Gasteiger partial charge in [0, 0.05) is 19.1 Å². The highest BCUT2D eigenvalue weighted by atomic mass is 16.3. The lowest BCUT2D eigenvalue weighted by molar-refractivity contribution is -0.0775. The SMILES string of the molecule is O[C@@H]1CN(Cc2ccccc2)[C@H]1CC1CCCCC1. The predicted octanol–water partition coefficient (Wildman–Crippen LogP) is 3.20. The van der Waals surface area contributed by atoms with Gasteiger partial charge in [-0.05, 0) is 17.9 Å². The number of β-amino-alcohol motifs (C(OH)–C–C–N with tert-alkyl or cyclic N) is 1. The summed E-state index contributed by atoms with van der Waals surface area (Å²) in [6.07, 6.45) is 8.07. The summed E-state index contributed by atoms with van der Waals surface area (Å²) in [5.74, 6) is 0.854. The zero-order chi connectivity index (χ0) is 13.1. The van der Waals surface area contributed by atoms with Gasteiger partial charge in [-0.2, -0.15) is 0 Å². The Morgan fingerprint density at radius 1 is 1.05 bits per heavy atom. The Morgan fingerprint density at radius 2 is 1.79 bits per heavy atom. The second-order valence-electron chi connectivity index (χ2n) is 6.29. The van der Waals surface area contributed by atoms with E-state index < -0.39 is 0 Å². The fourth-order valence-electron chi connectivity index (χ4n) is 3.67. The molecule has 2 fully saturated rings. The van der Waals surface area contributed by atoms with E-state index in [4.69, 9.17) is 0 Å². The van der Waals surface area contributed by atoms with Gasteiger partial charge >= 0.3 is 0 Å². The molecule has 1 aliphatic heterocycles. The van der Waals surface area contributed by atoms with Crippen molar-refractivity contribution in [2.75, 3.05) is 6.54 Å². The standard InChI is InChI=1S/C17H25NO/c19-17-13-18(12-15-9-5-2-6-10-15)16(17)11-14-7-3-1-4-8-14/h2,5-6,9-10,14,16-17,19H,1,3-4,7-8,11-13H2/t16-,17+/m0/s1. The zero-order valence-electron chi connectivity index (χ0n) is 11.7. The van der Waals surface area contributed by atoms with Crippen molar-refractivity contribution >= 4 is 0 Å². The highest BCUT2D eigenvalue weighted by molar-refractivity contribution is 5.15. The van der Waals surface area contributed by atoms with Crippen LogP contribution < -0.4 is 0 Å². The molecule has 19 heavy (non-hydrogen) atoms. The molecule has 1 N–H and O–H groups in total. The van der Waals surface area contributed by atoms with Crippen molar-refractivity contribution in [3.63, 3.8) is 0 Å². The van der Waals surface area contributed by atoms with Crippen molar-refractivity contribution in [3.8, 4) is 0 Å². The maximum Gasteiger partial charge on any atom is 0.0822 e. The number of likely N-dealkylation sites (tertiary alicyclic amines) is 1. The minimum absolute atomic E-state index is 0.0920. The van der Waals surface area contributed by atoms with Crippen LogP contribution in [-0.4, -0.2) is 28.7 Å². The predicted molar refractivity (Wildman–Crippen MR) is 77.8 cm³/mol. The minimum atomic E-state index is -0.0920. The van der Waals surface area contributed by atoms with Crippen LogP contribution in [0.25, 0.3) is 0 Å². The molecule has 1 saturated carbocycles. The third-order valence-electron chi connectivity index (χ3n) is 4.86. The maximum absolute atomic E-state index is 10.0. The molecule has 104 valence electrons. The van der Waals surface area contributed by atoms with E-state index in [0.717, 1.165) is 19.0 Å². The van der Waals surface area contributed by atoms with Crippen molar-refractivity contribution in [1.82, 2.24) is 4.90 Å². The maximum atomic E-state index is 10.0. The molecule has 0 bridgehead atoms. The third kappa shape index (κ3) is 3.18. The van der Waals surface area contributed by atoms with Gasteiger partial charge in [0.2, 0.25) is 0 Å². The summed E-state index contributed by atoms with van der Waals surface area (Å²) in [6.45, 7) is 1.85. The number of aliphatic hydroxyl groups excluding tert-OH is 1. The van der Waals surface area contributed by atoms with E-state index in [-0.39, 0.29) is 6.10 Å². The molecule has 0 aromatic heterocycles. The van der Waals surface area contributed by atoms with E-state index in [1.807, 2.05) is 0 Å². The third-order valence-corrected chi connectivity index (χ3v) is 4.86. The monoisotopic (exact) mass is 259 g/mol. The van der Waals surface area contributed by atoms with Gasteiger partial charge in [-0.15, -0.1) is 0 Å². The fraction of sp³-hybridized carbons (Fsp3) is 0.647. The molecule has 0 unspecified atom stereocenters. The Bertz CT molecular complexity index is 386. The van der Waals surface area contributed by atoms with Crippen LogP contribution in [0.3, 0.4) is 0 Å². The van der Waals surface area contributed by atoms with E-state index >= 15 is 0 Å². The first-order valence-corrected chi connectivity index (χ1v) is 7.79. The molecule has 1 aromatic carbocycles. The molecule has 1 saturated heterocycles. The normalized spacial score (nSPS) is 29.1. The van der Waals surface area contributed by atoms with Crippen LogP contribution in [0.15, 0.2) is 30.3 Å². The van der Waals surface area contributed by atoms with Gasteiger partial charge < -0.3 is 5.11 Å². The molecule has 1 aliphatic carbocycles. The smallest absolute Gasteiger partial charge is 0.0822 e. The minimum Gasteiger partial charge on any atom is -0.390 e. The molecule has 1 aromatic rings. The Balaban J connectivity index is 1.54. The van der Waals surface area contributed by atoms with Crippen LogP contribution in [0.1, 0.15) is 44.1 Å². The quantitative estimate of drug-likeness (QED) is 0.897. The summed E-state index contributed by atoms with van der Waals surface area (Å²) in [5, 5.41) is 10.0. The topological polar surface area (TPSA) is 23.5 Å². The van der Waals surface area contributed by atoms with Crippen molar-refractivity contribution < 1.29 is 5.11 Å². The Labute approximate surface area is 116 Å². The summed E-state index contributed by atoms with van der Waals surface area (Å²) in [6, 6.07) is 11.0. The number of aliphatic hydroxyl groups is 1. The van der Waals surface area contributed by atoms with Gasteiger partial charge in [0.05, 0.1) is 6.10 Å². The molecular weight excluding hydrogens is 234 g/mol. The van der Waals surface area contributed by atoms with Crippen molar-refractivity contribution in [2.45, 2.75) is 57.2 Å². The highest BCUT2D eigenvalue weighted by Crippen LogP contribution is 2.33. The van der Waals surface area contributed by atoms with Crippen LogP contribution in [0, 0.1) is 5.92 Å². The average molecular weight is 259 g/mol. The van der Waals surface area contributed by atoms with Crippen LogP contribution in [-0.2, 0) is 6.54 Å². The van der Waals surface area contributed by atoms with Gasteiger partial charge in [-0.1, -0.05) is 62.4 Å². The first kappa shape index (κ1) is 13.1. The van der Waals surface area contributed by atoms with Crippen LogP contribution in [0.5, 0.6) is 0 Å². The van der Waals surface area contributed by atoms with E-state index in [2.05, 4.69) is 35.2 Å². The second-order valence-corrected chi connectivity index (χ2v) is 6.29. The van der Waals surface area contributed by atoms with E-state index in [1.54, 1.807) is 0 Å². The molecule has 2 aliphatic rings. The Kier molecular flexibility index (Phi) is 4.19. The summed E-state index contributed by atoms with van der Waals surface area (Å²) in [4.78, 5) is 2.45. The Hall–Kier alpha value is -0.860. The van der Waals surface area contributed by atoms with Gasteiger partial charge in [0.15, 0.2) is 0 Å². The fourth-order valence-corrected chi connectivity index (χ4v) is 3.67. The lowest BCUT2D eigenvalue weighted by Gasteiger charge is -2.47. The molecule has 3 rings (SSSR count). The molecule has 0 radical (unpaired) electrons. The molecule has 1 heterocycles. The number of hydrogen-bond donors (Lipinski definition) is 1. The largest absolute Gasteiger partial charge is 0.390 e. The number of benzene rings is 1. The first-order valence-electron chi connectivity index (χ1n) is 7.79. The molecule has 0 amide bonds. The molecule has 2 nitrogen and oxygen atoms in total. The summed E-state index contributed by atoms with van der Waals surface area (Å²) in [5.41, 5.74) is 1.36. The summed E-state index contributed by atoms with van der Waals surface area (Å²) >= 11 is 0. The first-order chi connectivity index (χ1) is 9.33. The lowest BCUT2D eigenvalue weighted by atomic mass is 9.81. The van der Waals surface area contributed by atoms with Crippen molar-refractivity contribution in [3.05, 3.63) is 35.9 Å². The van der Waals surface area contributed by atoms with Crippen LogP contribution >= 0.6 is 0 Å². The summed E-state index contributed by atoms with van der Waals surface area (Å²) < 4.78 is 0. The van der Waals surface area contributed by atoms with Crippen LogP contribution in [0.2, 0.25) is 0 Å². The van der Waals surface area contributed by atoms with Gasteiger partial charge in [0.1, 0.15) is 0 Å². The molecular formula is C17H25NO. The number of nitrogens with zero attached hydrogens (tertiary/aromatic N) is 1. The van der Waals surface area contributed by atoms with Gasteiger partial charge in [0.25, 0.3) is 0 Å². The van der Waals surface area contributed by atoms with E-state index in [0.29, 0.717) is 6.04 Å². The average Bonchev–Trinajstić information content (AvgIpc) is 2.47. The van der Waals surface area contributed by atoms with E-state index in [1.165, 1.54) is 44.1 Å².